The van der Waals surface area contributed by atoms with Crippen LogP contribution in [0.1, 0.15) is 92.1 Å². The minimum atomic E-state index is -3.58. The monoisotopic (exact) mass is 545 g/mol. The molecule has 1 aliphatic carbocycles. The summed E-state index contributed by atoms with van der Waals surface area (Å²) in [5.74, 6) is 0.676. The molecule has 4 fully saturated rings. The topological polar surface area (TPSA) is 108 Å². The number of fused-ring (bicyclic) bond motifs is 2. The van der Waals surface area contributed by atoms with Gasteiger partial charge in [-0.15, -0.1) is 0 Å². The quantitative estimate of drug-likeness (QED) is 0.526. The number of carbonyl (C=O) groups is 1. The Morgan fingerprint density at radius 1 is 1.03 bits per heavy atom. The molecule has 0 radical (unpaired) electrons. The smallest absolute Gasteiger partial charge is 0.282 e. The summed E-state index contributed by atoms with van der Waals surface area (Å²) in [6.07, 6.45) is 6.48. The molecule has 1 aromatic heterocycles. The van der Waals surface area contributed by atoms with Crippen LogP contribution >= 0.6 is 0 Å². The Labute approximate surface area is 223 Å². The van der Waals surface area contributed by atoms with E-state index in [1.807, 2.05) is 6.92 Å². The predicted octanol–water partition coefficient (Wildman–Crippen LogP) is 3.48. The van der Waals surface area contributed by atoms with Crippen molar-refractivity contribution >= 4 is 16.1 Å². The molecule has 4 aliphatic rings. The summed E-state index contributed by atoms with van der Waals surface area (Å²) in [5.41, 5.74) is 1.32. The highest BCUT2D eigenvalue weighted by Gasteiger charge is 2.49. The number of aromatic nitrogens is 1. The Kier molecular flexibility index (Phi) is 7.04. The molecule has 2 aromatic rings. The number of hydrogen-bond donors (Lipinski definition) is 2. The number of amides is 1. The standard InChI is InChI=1S/C27H36FN5O4S/c1-17(18-4-6-20(28)7-5-18)29-21-10-12-32(13-11-21)38(35,36)33-23-8-9-24(33)15-22(14-23)30-27(34)25-16-26(37-31-25)19-2-3-19/h4-7,16-17,19,21-24,29H,2-3,8-15H2,1H3,(H,30,34)/t17-,22-,23+,24-/m1/s1. The minimum absolute atomic E-state index is 0.0615. The molecule has 9 nitrogen and oxygen atoms in total. The molecule has 6 rings (SSSR count). The lowest BCUT2D eigenvalue weighted by Crippen LogP contribution is -2.57. The maximum absolute atomic E-state index is 13.7. The second kappa shape index (κ2) is 10.3. The van der Waals surface area contributed by atoms with Gasteiger partial charge in [0.25, 0.3) is 16.1 Å². The van der Waals surface area contributed by atoms with Gasteiger partial charge in [-0.1, -0.05) is 17.3 Å². The number of benzene rings is 1. The normalized spacial score (nSPS) is 27.9. The van der Waals surface area contributed by atoms with E-state index in [0.29, 0.717) is 37.5 Å². The molecule has 0 spiro atoms. The SMILES string of the molecule is C[C@@H](NC1CCN(S(=O)(=O)N2[C@@H]3CC[C@H]2C[C@@H](NC(=O)c2cc(C4CC4)on2)C3)CC1)c1ccc(F)cc1. The molecular formula is C27H36FN5O4S. The number of nitrogens with one attached hydrogen (secondary N) is 2. The fourth-order valence-corrected chi connectivity index (χ4v) is 8.51. The van der Waals surface area contributed by atoms with E-state index in [9.17, 15) is 17.6 Å². The van der Waals surface area contributed by atoms with E-state index in [0.717, 1.165) is 49.8 Å². The van der Waals surface area contributed by atoms with Crippen LogP contribution in [0.2, 0.25) is 0 Å². The van der Waals surface area contributed by atoms with Crippen molar-refractivity contribution in [2.75, 3.05) is 13.1 Å². The van der Waals surface area contributed by atoms with E-state index in [4.69, 9.17) is 4.52 Å². The fraction of sp³-hybridized carbons (Fsp3) is 0.630. The average molecular weight is 546 g/mol. The Hall–Kier alpha value is -2.34. The lowest BCUT2D eigenvalue weighted by Gasteiger charge is -2.42. The van der Waals surface area contributed by atoms with Crippen molar-refractivity contribution in [2.45, 2.75) is 94.4 Å². The highest BCUT2D eigenvalue weighted by atomic mass is 32.2. The van der Waals surface area contributed by atoms with E-state index in [1.165, 1.54) is 12.1 Å². The van der Waals surface area contributed by atoms with E-state index < -0.39 is 10.2 Å². The molecule has 38 heavy (non-hydrogen) atoms. The number of hydrogen-bond acceptors (Lipinski definition) is 6. The molecule has 4 atom stereocenters. The van der Waals surface area contributed by atoms with Crippen LogP contribution < -0.4 is 10.6 Å². The van der Waals surface area contributed by atoms with Crippen molar-refractivity contribution in [3.8, 4) is 0 Å². The average Bonchev–Trinajstić information content (AvgIpc) is 3.55. The Morgan fingerprint density at radius 3 is 2.32 bits per heavy atom. The first-order valence-corrected chi connectivity index (χ1v) is 15.2. The van der Waals surface area contributed by atoms with Crippen LogP contribution in [0.15, 0.2) is 34.9 Å². The first-order valence-electron chi connectivity index (χ1n) is 13.9. The van der Waals surface area contributed by atoms with Gasteiger partial charge in [-0.25, -0.2) is 4.39 Å². The van der Waals surface area contributed by atoms with Crippen molar-refractivity contribution in [1.82, 2.24) is 24.4 Å². The molecule has 1 aromatic carbocycles. The summed E-state index contributed by atoms with van der Waals surface area (Å²) >= 11 is 0. The van der Waals surface area contributed by atoms with Gasteiger partial charge in [0.15, 0.2) is 5.69 Å². The van der Waals surface area contributed by atoms with Crippen LogP contribution in [-0.4, -0.2) is 65.3 Å². The lowest BCUT2D eigenvalue weighted by atomic mass is 9.99. The van der Waals surface area contributed by atoms with E-state index >= 15 is 0 Å². The minimum Gasteiger partial charge on any atom is -0.360 e. The highest BCUT2D eigenvalue weighted by molar-refractivity contribution is 7.86. The molecular weight excluding hydrogens is 509 g/mol. The first kappa shape index (κ1) is 25.9. The van der Waals surface area contributed by atoms with Gasteiger partial charge in [0.05, 0.1) is 0 Å². The molecule has 11 heteroatoms. The summed E-state index contributed by atoms with van der Waals surface area (Å²) < 4.78 is 49.3. The largest absolute Gasteiger partial charge is 0.360 e. The van der Waals surface area contributed by atoms with Crippen molar-refractivity contribution in [1.29, 1.82) is 0 Å². The third kappa shape index (κ3) is 5.25. The second-order valence-electron chi connectivity index (χ2n) is 11.4. The van der Waals surface area contributed by atoms with E-state index in [2.05, 4.69) is 15.8 Å². The van der Waals surface area contributed by atoms with Gasteiger partial charge in [0.1, 0.15) is 11.6 Å². The van der Waals surface area contributed by atoms with Crippen LogP contribution in [-0.2, 0) is 10.2 Å². The third-order valence-corrected chi connectivity index (χ3v) is 10.8. The van der Waals surface area contributed by atoms with Crippen molar-refractivity contribution < 1.29 is 22.1 Å². The molecule has 1 saturated carbocycles. The van der Waals surface area contributed by atoms with Gasteiger partial charge in [-0.05, 0) is 76.0 Å². The zero-order chi connectivity index (χ0) is 26.4. The fourth-order valence-electron chi connectivity index (χ4n) is 6.43. The Balaban J connectivity index is 1.02. The van der Waals surface area contributed by atoms with Gasteiger partial charge in [-0.3, -0.25) is 4.79 Å². The second-order valence-corrected chi connectivity index (χ2v) is 13.2. The van der Waals surface area contributed by atoms with Gasteiger partial charge < -0.3 is 15.2 Å². The van der Waals surface area contributed by atoms with Crippen molar-refractivity contribution in [3.63, 3.8) is 0 Å². The van der Waals surface area contributed by atoms with Gasteiger partial charge in [-0.2, -0.15) is 17.0 Å². The molecule has 2 bridgehead atoms. The maximum atomic E-state index is 13.7. The number of piperidine rings is 2. The van der Waals surface area contributed by atoms with Gasteiger partial charge in [0.2, 0.25) is 0 Å². The highest BCUT2D eigenvalue weighted by Crippen LogP contribution is 2.41. The third-order valence-electron chi connectivity index (χ3n) is 8.64. The van der Waals surface area contributed by atoms with Gasteiger partial charge in [0, 0.05) is 55.3 Å². The van der Waals surface area contributed by atoms with Crippen LogP contribution in [0.4, 0.5) is 4.39 Å². The number of carbonyl (C=O) groups excluding carboxylic acids is 1. The Morgan fingerprint density at radius 2 is 1.68 bits per heavy atom. The van der Waals surface area contributed by atoms with Crippen LogP contribution in [0, 0.1) is 5.82 Å². The maximum Gasteiger partial charge on any atom is 0.282 e. The summed E-state index contributed by atoms with van der Waals surface area (Å²) in [6, 6.07) is 8.22. The Bertz CT molecular complexity index is 1240. The molecule has 2 N–H and O–H groups in total. The zero-order valence-corrected chi connectivity index (χ0v) is 22.5. The van der Waals surface area contributed by atoms with Crippen molar-refractivity contribution in [2.24, 2.45) is 0 Å². The van der Waals surface area contributed by atoms with Crippen molar-refractivity contribution in [3.05, 3.63) is 53.2 Å². The molecule has 4 heterocycles. The summed E-state index contributed by atoms with van der Waals surface area (Å²) in [5, 5.41) is 10.6. The number of rotatable bonds is 8. The summed E-state index contributed by atoms with van der Waals surface area (Å²) in [7, 11) is -3.58. The molecule has 1 amide bonds. The summed E-state index contributed by atoms with van der Waals surface area (Å²) in [4.78, 5) is 12.7. The molecule has 0 unspecified atom stereocenters. The van der Waals surface area contributed by atoms with Crippen LogP contribution in [0.25, 0.3) is 0 Å². The van der Waals surface area contributed by atoms with Crippen LogP contribution in [0.3, 0.4) is 0 Å². The molecule has 3 aliphatic heterocycles. The van der Waals surface area contributed by atoms with E-state index in [1.54, 1.807) is 26.8 Å². The van der Waals surface area contributed by atoms with E-state index in [-0.39, 0.29) is 41.9 Å². The summed E-state index contributed by atoms with van der Waals surface area (Å²) in [6.45, 7) is 3.00. The molecule has 206 valence electrons. The number of halogens is 1. The van der Waals surface area contributed by atoms with Crippen LogP contribution in [0.5, 0.6) is 0 Å². The lowest BCUT2D eigenvalue weighted by molar-refractivity contribution is 0.0897. The van der Waals surface area contributed by atoms with Gasteiger partial charge >= 0.3 is 0 Å². The number of nitrogens with zero attached hydrogens (tertiary/aromatic N) is 3. The molecule has 3 saturated heterocycles. The zero-order valence-electron chi connectivity index (χ0n) is 21.7. The predicted molar refractivity (Wildman–Crippen MR) is 139 cm³/mol. The first-order chi connectivity index (χ1) is 18.3.